The molecule has 1 aromatic carbocycles. The van der Waals surface area contributed by atoms with E-state index in [0.717, 1.165) is 48.1 Å². The highest BCUT2D eigenvalue weighted by atomic mass is 16.5. The van der Waals surface area contributed by atoms with Crippen LogP contribution in [0.5, 0.6) is 11.5 Å². The summed E-state index contributed by atoms with van der Waals surface area (Å²) in [4.78, 5) is 4.45. The summed E-state index contributed by atoms with van der Waals surface area (Å²) >= 11 is 0. The molecule has 3 rings (SSSR count). The molecule has 2 N–H and O–H groups in total. The molecule has 0 spiro atoms. The first kappa shape index (κ1) is 15.2. The number of nitrogens with two attached hydrogens (primary N) is 1. The average Bonchev–Trinajstić information content (AvgIpc) is 2.59. The Morgan fingerprint density at radius 1 is 1.09 bits per heavy atom. The zero-order chi connectivity index (χ0) is 16.4. The third-order valence-corrected chi connectivity index (χ3v) is 4.25. The predicted octanol–water partition coefficient (Wildman–Crippen LogP) is 3.10. The second-order valence-corrected chi connectivity index (χ2v) is 5.59. The molecule has 2 aromatic rings. The number of hydrogen-bond donors (Lipinski definition) is 1. The molecule has 0 bridgehead atoms. The molecule has 1 heterocycles. The number of pyridine rings is 1. The van der Waals surface area contributed by atoms with E-state index in [2.05, 4.69) is 11.1 Å². The third kappa shape index (κ3) is 2.68. The fourth-order valence-corrected chi connectivity index (χ4v) is 3.15. The maximum atomic E-state index is 9.58. The number of hydrogen-bond acceptors (Lipinski definition) is 5. The molecule has 0 radical (unpaired) electrons. The number of aryl methyl sites for hydroxylation is 1. The summed E-state index contributed by atoms with van der Waals surface area (Å²) in [6.45, 7) is 0. The number of benzene rings is 1. The van der Waals surface area contributed by atoms with E-state index in [0.29, 0.717) is 22.9 Å². The largest absolute Gasteiger partial charge is 0.497 e. The van der Waals surface area contributed by atoms with E-state index in [1.54, 1.807) is 14.2 Å². The van der Waals surface area contributed by atoms with E-state index in [-0.39, 0.29) is 0 Å². The van der Waals surface area contributed by atoms with Gasteiger partial charge < -0.3 is 15.2 Å². The number of rotatable bonds is 3. The maximum Gasteiger partial charge on any atom is 0.142 e. The lowest BCUT2D eigenvalue weighted by atomic mass is 9.86. The van der Waals surface area contributed by atoms with Crippen LogP contribution in [0.2, 0.25) is 0 Å². The lowest BCUT2D eigenvalue weighted by Crippen LogP contribution is -2.11. The Hall–Kier alpha value is -2.74. The highest BCUT2D eigenvalue weighted by Crippen LogP contribution is 2.38. The van der Waals surface area contributed by atoms with Crippen molar-refractivity contribution in [3.63, 3.8) is 0 Å². The fourth-order valence-electron chi connectivity index (χ4n) is 3.15. The van der Waals surface area contributed by atoms with Crippen LogP contribution in [0.15, 0.2) is 18.2 Å². The number of nitrogen functional groups attached to an aromatic ring is 1. The number of ether oxygens (including phenoxy) is 2. The molecule has 1 aliphatic rings. The van der Waals surface area contributed by atoms with Gasteiger partial charge in [0.15, 0.2) is 0 Å². The summed E-state index contributed by atoms with van der Waals surface area (Å²) in [6, 6.07) is 7.85. The number of nitriles is 1. The zero-order valence-electron chi connectivity index (χ0n) is 13.3. The van der Waals surface area contributed by atoms with Crippen molar-refractivity contribution >= 4 is 5.82 Å². The molecule has 23 heavy (non-hydrogen) atoms. The molecule has 1 aromatic heterocycles. The van der Waals surface area contributed by atoms with Crippen molar-refractivity contribution in [3.05, 3.63) is 35.0 Å². The van der Waals surface area contributed by atoms with E-state index in [9.17, 15) is 5.26 Å². The van der Waals surface area contributed by atoms with Gasteiger partial charge in [-0.1, -0.05) is 0 Å². The first-order valence-electron chi connectivity index (χ1n) is 7.62. The first-order chi connectivity index (χ1) is 11.2. The Morgan fingerprint density at radius 2 is 1.74 bits per heavy atom. The van der Waals surface area contributed by atoms with Crippen LogP contribution >= 0.6 is 0 Å². The van der Waals surface area contributed by atoms with Gasteiger partial charge in [0.1, 0.15) is 28.9 Å². The Labute approximate surface area is 135 Å². The topological polar surface area (TPSA) is 81.2 Å². The van der Waals surface area contributed by atoms with Crippen LogP contribution in [0.25, 0.3) is 11.1 Å². The Bertz CT molecular complexity index is 772. The molecule has 118 valence electrons. The average molecular weight is 309 g/mol. The number of methoxy groups -OCH3 is 2. The lowest BCUT2D eigenvalue weighted by Gasteiger charge is -2.21. The number of nitrogens with zero attached hydrogens (tertiary/aromatic N) is 2. The van der Waals surface area contributed by atoms with Crippen molar-refractivity contribution in [1.29, 1.82) is 5.26 Å². The normalized spacial score (nSPS) is 13.1. The molecule has 0 saturated heterocycles. The van der Waals surface area contributed by atoms with Crippen molar-refractivity contribution in [2.45, 2.75) is 25.7 Å². The predicted molar refractivity (Wildman–Crippen MR) is 88.5 cm³/mol. The maximum absolute atomic E-state index is 9.58. The summed E-state index contributed by atoms with van der Waals surface area (Å²) in [5.41, 5.74) is 10.3. The van der Waals surface area contributed by atoms with Gasteiger partial charge in [-0.25, -0.2) is 4.98 Å². The second kappa shape index (κ2) is 6.17. The number of aromatic nitrogens is 1. The van der Waals surface area contributed by atoms with Crippen LogP contribution < -0.4 is 15.2 Å². The van der Waals surface area contributed by atoms with Crippen LogP contribution in [0.4, 0.5) is 5.82 Å². The van der Waals surface area contributed by atoms with Gasteiger partial charge in [-0.05, 0) is 48.9 Å². The van der Waals surface area contributed by atoms with Gasteiger partial charge in [0.25, 0.3) is 0 Å². The van der Waals surface area contributed by atoms with Gasteiger partial charge in [0.05, 0.1) is 14.2 Å². The van der Waals surface area contributed by atoms with Gasteiger partial charge in [0, 0.05) is 17.3 Å². The fraction of sp³-hybridized carbons (Fsp3) is 0.333. The van der Waals surface area contributed by atoms with E-state index >= 15 is 0 Å². The van der Waals surface area contributed by atoms with Crippen molar-refractivity contribution in [2.75, 3.05) is 20.0 Å². The Balaban J connectivity index is 2.31. The zero-order valence-corrected chi connectivity index (χ0v) is 13.3. The molecule has 5 heteroatoms. The highest BCUT2D eigenvalue weighted by molar-refractivity contribution is 5.80. The molecule has 0 aliphatic heterocycles. The van der Waals surface area contributed by atoms with E-state index in [1.807, 2.05) is 18.2 Å². The van der Waals surface area contributed by atoms with Crippen molar-refractivity contribution in [1.82, 2.24) is 4.98 Å². The lowest BCUT2D eigenvalue weighted by molar-refractivity contribution is 0.394. The van der Waals surface area contributed by atoms with Gasteiger partial charge in [-0.15, -0.1) is 0 Å². The summed E-state index contributed by atoms with van der Waals surface area (Å²) < 4.78 is 10.7. The van der Waals surface area contributed by atoms with Gasteiger partial charge >= 0.3 is 0 Å². The standard InChI is InChI=1S/C18H19N3O2/c1-22-12-7-11(8-13(9-12)23-2)17-14-5-3-4-6-16(14)21-18(20)15(17)10-19/h7-9H,3-6H2,1-2H3,(H2,20,21). The van der Waals surface area contributed by atoms with E-state index in [4.69, 9.17) is 15.2 Å². The van der Waals surface area contributed by atoms with E-state index in [1.165, 1.54) is 0 Å². The number of fused-ring (bicyclic) bond motifs is 1. The first-order valence-corrected chi connectivity index (χ1v) is 7.62. The summed E-state index contributed by atoms with van der Waals surface area (Å²) in [7, 11) is 3.22. The van der Waals surface area contributed by atoms with Crippen LogP contribution in [-0.2, 0) is 12.8 Å². The summed E-state index contributed by atoms with van der Waals surface area (Å²) in [5, 5.41) is 9.58. The quantitative estimate of drug-likeness (QED) is 0.942. The monoisotopic (exact) mass is 309 g/mol. The van der Waals surface area contributed by atoms with Crippen LogP contribution in [0.3, 0.4) is 0 Å². The van der Waals surface area contributed by atoms with Crippen molar-refractivity contribution < 1.29 is 9.47 Å². The summed E-state index contributed by atoms with van der Waals surface area (Å²) in [5.74, 6) is 1.66. The number of anilines is 1. The third-order valence-electron chi connectivity index (χ3n) is 4.25. The van der Waals surface area contributed by atoms with Crippen LogP contribution in [0.1, 0.15) is 29.7 Å². The van der Waals surface area contributed by atoms with Gasteiger partial charge in [0.2, 0.25) is 0 Å². The molecule has 0 amide bonds. The Kier molecular flexibility index (Phi) is 4.07. The van der Waals surface area contributed by atoms with Gasteiger partial charge in [-0.3, -0.25) is 0 Å². The molecule has 0 saturated carbocycles. The Morgan fingerprint density at radius 3 is 2.35 bits per heavy atom. The minimum atomic E-state index is 0.296. The van der Waals surface area contributed by atoms with Crippen LogP contribution in [-0.4, -0.2) is 19.2 Å². The molecule has 0 unspecified atom stereocenters. The van der Waals surface area contributed by atoms with E-state index < -0.39 is 0 Å². The molecule has 5 nitrogen and oxygen atoms in total. The van der Waals surface area contributed by atoms with Crippen molar-refractivity contribution in [2.24, 2.45) is 0 Å². The summed E-state index contributed by atoms with van der Waals surface area (Å²) in [6.07, 6.45) is 4.01. The molecule has 0 atom stereocenters. The highest BCUT2D eigenvalue weighted by Gasteiger charge is 2.22. The van der Waals surface area contributed by atoms with Crippen LogP contribution in [0, 0.1) is 11.3 Å². The smallest absolute Gasteiger partial charge is 0.142 e. The molecule has 1 aliphatic carbocycles. The molecular formula is C18H19N3O2. The van der Waals surface area contributed by atoms with Crippen molar-refractivity contribution in [3.8, 4) is 28.7 Å². The van der Waals surface area contributed by atoms with Gasteiger partial charge in [-0.2, -0.15) is 5.26 Å². The molecule has 0 fully saturated rings. The minimum Gasteiger partial charge on any atom is -0.497 e. The minimum absolute atomic E-state index is 0.296. The molecular weight excluding hydrogens is 290 g/mol. The SMILES string of the molecule is COc1cc(OC)cc(-c2c(C#N)c(N)nc3c2CCCC3)c1. The second-order valence-electron chi connectivity index (χ2n) is 5.59.